The van der Waals surface area contributed by atoms with E-state index in [9.17, 15) is 9.18 Å². The van der Waals surface area contributed by atoms with Crippen LogP contribution in [0.3, 0.4) is 0 Å². The highest BCUT2D eigenvalue weighted by molar-refractivity contribution is 5.83. The SMILES string of the molecule is CC(C)c1nnc2n1CCN(C(=O)[C@H]1C[C@@H]1c1ccc(F)cc1)C2. The lowest BCUT2D eigenvalue weighted by molar-refractivity contribution is -0.134. The van der Waals surface area contributed by atoms with Crippen LogP contribution < -0.4 is 0 Å². The van der Waals surface area contributed by atoms with Crippen molar-refractivity contribution < 1.29 is 9.18 Å². The van der Waals surface area contributed by atoms with E-state index in [-0.39, 0.29) is 23.6 Å². The first kappa shape index (κ1) is 15.3. The summed E-state index contributed by atoms with van der Waals surface area (Å²) in [5.41, 5.74) is 1.05. The molecule has 1 fully saturated rings. The van der Waals surface area contributed by atoms with E-state index >= 15 is 0 Å². The molecular weight excluding hydrogens is 307 g/mol. The van der Waals surface area contributed by atoms with E-state index in [1.165, 1.54) is 12.1 Å². The van der Waals surface area contributed by atoms with E-state index < -0.39 is 0 Å². The summed E-state index contributed by atoms with van der Waals surface area (Å²) in [6.45, 7) is 6.20. The molecule has 1 aromatic heterocycles. The van der Waals surface area contributed by atoms with Gasteiger partial charge in [0, 0.05) is 24.9 Å². The summed E-state index contributed by atoms with van der Waals surface area (Å²) >= 11 is 0. The van der Waals surface area contributed by atoms with Crippen LogP contribution in [0.2, 0.25) is 0 Å². The van der Waals surface area contributed by atoms with Crippen molar-refractivity contribution in [2.75, 3.05) is 6.54 Å². The lowest BCUT2D eigenvalue weighted by Gasteiger charge is -2.28. The first-order valence-electron chi connectivity index (χ1n) is 8.51. The zero-order chi connectivity index (χ0) is 16.8. The molecule has 2 heterocycles. The van der Waals surface area contributed by atoms with E-state index in [0.29, 0.717) is 19.0 Å². The fourth-order valence-electron chi connectivity index (χ4n) is 3.58. The van der Waals surface area contributed by atoms with Gasteiger partial charge in [0.2, 0.25) is 5.91 Å². The molecule has 0 unspecified atom stereocenters. The number of carbonyl (C=O) groups excluding carboxylic acids is 1. The number of hydrogen-bond acceptors (Lipinski definition) is 3. The van der Waals surface area contributed by atoms with Gasteiger partial charge in [-0.2, -0.15) is 0 Å². The summed E-state index contributed by atoms with van der Waals surface area (Å²) in [6, 6.07) is 6.50. The van der Waals surface area contributed by atoms with Gasteiger partial charge in [-0.1, -0.05) is 26.0 Å². The third-order valence-corrected chi connectivity index (χ3v) is 5.02. The second-order valence-corrected chi connectivity index (χ2v) is 7.04. The maximum atomic E-state index is 13.0. The Morgan fingerprint density at radius 2 is 1.96 bits per heavy atom. The number of benzene rings is 1. The molecule has 1 aliphatic heterocycles. The van der Waals surface area contributed by atoms with Crippen LogP contribution in [0.5, 0.6) is 0 Å². The maximum Gasteiger partial charge on any atom is 0.226 e. The van der Waals surface area contributed by atoms with Gasteiger partial charge >= 0.3 is 0 Å². The Balaban J connectivity index is 1.44. The van der Waals surface area contributed by atoms with Crippen LogP contribution in [0.25, 0.3) is 0 Å². The monoisotopic (exact) mass is 328 g/mol. The third kappa shape index (κ3) is 2.60. The topological polar surface area (TPSA) is 51.0 Å². The van der Waals surface area contributed by atoms with Crippen LogP contribution >= 0.6 is 0 Å². The van der Waals surface area contributed by atoms with Gasteiger partial charge in [-0.25, -0.2) is 4.39 Å². The molecule has 1 aliphatic carbocycles. The van der Waals surface area contributed by atoms with Gasteiger partial charge < -0.3 is 9.47 Å². The highest BCUT2D eigenvalue weighted by Crippen LogP contribution is 2.48. The van der Waals surface area contributed by atoms with Gasteiger partial charge in [-0.3, -0.25) is 4.79 Å². The number of hydrogen-bond donors (Lipinski definition) is 0. The second-order valence-electron chi connectivity index (χ2n) is 7.04. The summed E-state index contributed by atoms with van der Waals surface area (Å²) in [4.78, 5) is 14.6. The lowest BCUT2D eigenvalue weighted by Crippen LogP contribution is -2.39. The molecule has 6 heteroatoms. The predicted molar refractivity (Wildman–Crippen MR) is 86.8 cm³/mol. The zero-order valence-electron chi connectivity index (χ0n) is 13.9. The van der Waals surface area contributed by atoms with Gasteiger partial charge in [-0.05, 0) is 30.0 Å². The Morgan fingerprint density at radius 3 is 2.67 bits per heavy atom. The van der Waals surface area contributed by atoms with Gasteiger partial charge in [-0.15, -0.1) is 10.2 Å². The predicted octanol–water partition coefficient (Wildman–Crippen LogP) is 2.69. The minimum atomic E-state index is -0.237. The summed E-state index contributed by atoms with van der Waals surface area (Å²) in [5.74, 6) is 2.40. The van der Waals surface area contributed by atoms with Crippen LogP contribution in [-0.4, -0.2) is 32.1 Å². The number of nitrogens with zero attached hydrogens (tertiary/aromatic N) is 4. The van der Waals surface area contributed by atoms with Gasteiger partial charge in [0.15, 0.2) is 5.82 Å². The summed E-state index contributed by atoms with van der Waals surface area (Å²) in [5, 5.41) is 8.52. The van der Waals surface area contributed by atoms with Crippen molar-refractivity contribution >= 4 is 5.91 Å². The average molecular weight is 328 g/mol. The molecule has 1 saturated carbocycles. The number of halogens is 1. The highest BCUT2D eigenvalue weighted by Gasteiger charge is 2.46. The Hall–Kier alpha value is -2.24. The third-order valence-electron chi connectivity index (χ3n) is 5.02. The smallest absolute Gasteiger partial charge is 0.226 e. The van der Waals surface area contributed by atoms with Crippen LogP contribution in [0.4, 0.5) is 4.39 Å². The van der Waals surface area contributed by atoms with Crippen molar-refractivity contribution in [2.24, 2.45) is 5.92 Å². The van der Waals surface area contributed by atoms with E-state index in [2.05, 4.69) is 28.6 Å². The molecule has 24 heavy (non-hydrogen) atoms. The first-order chi connectivity index (χ1) is 11.5. The number of carbonyl (C=O) groups is 1. The molecule has 5 nitrogen and oxygen atoms in total. The molecule has 1 amide bonds. The Kier molecular flexibility index (Phi) is 3.62. The van der Waals surface area contributed by atoms with E-state index in [0.717, 1.165) is 30.2 Å². The maximum absolute atomic E-state index is 13.0. The molecule has 0 saturated heterocycles. The van der Waals surface area contributed by atoms with E-state index in [1.54, 1.807) is 12.1 Å². The molecule has 126 valence electrons. The summed E-state index contributed by atoms with van der Waals surface area (Å²) in [6.07, 6.45) is 0.852. The average Bonchev–Trinajstić information content (AvgIpc) is 3.25. The van der Waals surface area contributed by atoms with Crippen LogP contribution in [0.15, 0.2) is 24.3 Å². The van der Waals surface area contributed by atoms with Crippen molar-refractivity contribution in [1.82, 2.24) is 19.7 Å². The Bertz CT molecular complexity index is 768. The van der Waals surface area contributed by atoms with Crippen LogP contribution in [-0.2, 0) is 17.9 Å². The van der Waals surface area contributed by atoms with E-state index in [1.807, 2.05) is 4.90 Å². The summed E-state index contributed by atoms with van der Waals surface area (Å²) < 4.78 is 15.2. The van der Waals surface area contributed by atoms with Crippen molar-refractivity contribution in [3.63, 3.8) is 0 Å². The fourth-order valence-corrected chi connectivity index (χ4v) is 3.58. The molecule has 2 atom stereocenters. The fraction of sp³-hybridized carbons (Fsp3) is 0.500. The minimum Gasteiger partial charge on any atom is -0.333 e. The molecule has 0 radical (unpaired) electrons. The lowest BCUT2D eigenvalue weighted by atomic mass is 10.1. The van der Waals surface area contributed by atoms with Crippen molar-refractivity contribution in [2.45, 2.75) is 45.2 Å². The standard InChI is InChI=1S/C18H21FN4O/c1-11(2)17-21-20-16-10-22(7-8-23(16)17)18(24)15-9-14(15)12-3-5-13(19)6-4-12/h3-6,11,14-15H,7-10H2,1-2H3/t14-,15+/m1/s1. The molecule has 1 aromatic carbocycles. The molecule has 2 aromatic rings. The quantitative estimate of drug-likeness (QED) is 0.870. The normalized spacial score (nSPS) is 22.6. The van der Waals surface area contributed by atoms with Crippen molar-refractivity contribution in [3.8, 4) is 0 Å². The molecule has 4 rings (SSSR count). The van der Waals surface area contributed by atoms with Gasteiger partial charge in [0.1, 0.15) is 11.6 Å². The number of amides is 1. The van der Waals surface area contributed by atoms with E-state index in [4.69, 9.17) is 0 Å². The number of rotatable bonds is 3. The summed E-state index contributed by atoms with van der Waals surface area (Å²) in [7, 11) is 0. The van der Waals surface area contributed by atoms with Crippen molar-refractivity contribution in [3.05, 3.63) is 47.3 Å². The first-order valence-corrected chi connectivity index (χ1v) is 8.51. The Morgan fingerprint density at radius 1 is 1.21 bits per heavy atom. The molecular formula is C18H21FN4O. The molecule has 0 spiro atoms. The number of aromatic nitrogens is 3. The zero-order valence-corrected chi connectivity index (χ0v) is 13.9. The number of fused-ring (bicyclic) bond motifs is 1. The van der Waals surface area contributed by atoms with Gasteiger partial charge in [0.05, 0.1) is 6.54 Å². The van der Waals surface area contributed by atoms with Gasteiger partial charge in [0.25, 0.3) is 0 Å². The Labute approximate surface area is 140 Å². The molecule has 0 N–H and O–H groups in total. The highest BCUT2D eigenvalue weighted by atomic mass is 19.1. The van der Waals surface area contributed by atoms with Crippen LogP contribution in [0, 0.1) is 11.7 Å². The van der Waals surface area contributed by atoms with Crippen molar-refractivity contribution in [1.29, 1.82) is 0 Å². The molecule has 2 aliphatic rings. The minimum absolute atomic E-state index is 0.0227. The second kappa shape index (κ2) is 5.69. The molecule has 0 bridgehead atoms. The largest absolute Gasteiger partial charge is 0.333 e. The van der Waals surface area contributed by atoms with Crippen LogP contribution in [0.1, 0.15) is 49.3 Å².